The Kier molecular flexibility index (Phi) is 4.07. The van der Waals surface area contributed by atoms with E-state index in [9.17, 15) is 9.59 Å². The monoisotopic (exact) mass is 294 g/mol. The van der Waals surface area contributed by atoms with E-state index in [1.165, 1.54) is 0 Å². The van der Waals surface area contributed by atoms with E-state index < -0.39 is 29.5 Å². The van der Waals surface area contributed by atoms with Gasteiger partial charge in [0.15, 0.2) is 6.10 Å². The molecular weight excluding hydrogens is 272 g/mol. The summed E-state index contributed by atoms with van der Waals surface area (Å²) in [5.74, 6) is -1.16. The standard InChI is InChI=1S/C15H22N2O4/c1-6-9-11(14(19)21-15(3,4)5)12(20-13(9)18)10-7-16-8(2)17-10/h7,9,11-12H,6H2,1-5H3,(H,16,17)/t9-,11?,12?/m0/s1. The first-order valence-electron chi connectivity index (χ1n) is 7.17. The van der Waals surface area contributed by atoms with E-state index in [1.54, 1.807) is 33.9 Å². The van der Waals surface area contributed by atoms with E-state index in [4.69, 9.17) is 9.47 Å². The van der Waals surface area contributed by atoms with Crippen LogP contribution in [0.4, 0.5) is 0 Å². The van der Waals surface area contributed by atoms with Crippen LogP contribution in [-0.4, -0.2) is 27.5 Å². The number of nitrogens with zero attached hydrogens (tertiary/aromatic N) is 1. The number of aromatic amines is 1. The molecule has 1 saturated heterocycles. The number of esters is 2. The molecule has 0 saturated carbocycles. The quantitative estimate of drug-likeness (QED) is 0.865. The Balaban J connectivity index is 2.30. The van der Waals surface area contributed by atoms with Gasteiger partial charge in [-0.1, -0.05) is 6.92 Å². The predicted molar refractivity (Wildman–Crippen MR) is 75.3 cm³/mol. The number of cyclic esters (lactones) is 1. The lowest BCUT2D eigenvalue weighted by Gasteiger charge is -2.25. The fourth-order valence-electron chi connectivity index (χ4n) is 2.56. The van der Waals surface area contributed by atoms with Gasteiger partial charge in [-0.05, 0) is 34.1 Å². The summed E-state index contributed by atoms with van der Waals surface area (Å²) in [4.78, 5) is 31.6. The molecule has 21 heavy (non-hydrogen) atoms. The molecule has 2 unspecified atom stereocenters. The van der Waals surface area contributed by atoms with Crippen LogP contribution in [0.3, 0.4) is 0 Å². The Morgan fingerprint density at radius 2 is 2.14 bits per heavy atom. The highest BCUT2D eigenvalue weighted by atomic mass is 16.6. The highest BCUT2D eigenvalue weighted by Gasteiger charge is 2.50. The first-order valence-corrected chi connectivity index (χ1v) is 7.17. The molecule has 2 heterocycles. The lowest BCUT2D eigenvalue weighted by atomic mass is 9.87. The molecule has 1 aliphatic rings. The van der Waals surface area contributed by atoms with Gasteiger partial charge in [0.05, 0.1) is 17.8 Å². The third-order valence-electron chi connectivity index (χ3n) is 3.45. The SMILES string of the molecule is CC[C@@H]1C(=O)OC(c2cnc(C)[nH]2)C1C(=O)OC(C)(C)C. The van der Waals surface area contributed by atoms with E-state index in [1.807, 2.05) is 6.92 Å². The maximum atomic E-state index is 12.5. The Bertz CT molecular complexity index is 544. The molecule has 6 nitrogen and oxygen atoms in total. The number of nitrogens with one attached hydrogen (secondary N) is 1. The number of carbonyl (C=O) groups is 2. The smallest absolute Gasteiger partial charge is 0.314 e. The van der Waals surface area contributed by atoms with Crippen LogP contribution in [0.5, 0.6) is 0 Å². The van der Waals surface area contributed by atoms with Crippen molar-refractivity contribution in [1.29, 1.82) is 0 Å². The normalized spacial score (nSPS) is 25.8. The zero-order valence-electron chi connectivity index (χ0n) is 13.1. The maximum Gasteiger partial charge on any atom is 0.314 e. The molecule has 0 amide bonds. The molecule has 0 spiro atoms. The Morgan fingerprint density at radius 1 is 1.48 bits per heavy atom. The topological polar surface area (TPSA) is 81.3 Å². The molecule has 0 radical (unpaired) electrons. The molecule has 3 atom stereocenters. The number of aryl methyl sites for hydroxylation is 1. The summed E-state index contributed by atoms with van der Waals surface area (Å²) in [6.07, 6.45) is 1.48. The average Bonchev–Trinajstić information content (AvgIpc) is 2.90. The Morgan fingerprint density at radius 3 is 2.62 bits per heavy atom. The maximum absolute atomic E-state index is 12.5. The van der Waals surface area contributed by atoms with E-state index in [-0.39, 0.29) is 5.97 Å². The van der Waals surface area contributed by atoms with Gasteiger partial charge >= 0.3 is 11.9 Å². The van der Waals surface area contributed by atoms with Crippen molar-refractivity contribution in [2.24, 2.45) is 11.8 Å². The van der Waals surface area contributed by atoms with Crippen molar-refractivity contribution >= 4 is 11.9 Å². The van der Waals surface area contributed by atoms with Crippen molar-refractivity contribution in [3.05, 3.63) is 17.7 Å². The number of hydrogen-bond donors (Lipinski definition) is 1. The Hall–Kier alpha value is -1.85. The Labute approximate surface area is 124 Å². The lowest BCUT2D eigenvalue weighted by molar-refractivity contribution is -0.163. The summed E-state index contributed by atoms with van der Waals surface area (Å²) in [6, 6.07) is 0. The van der Waals surface area contributed by atoms with Gasteiger partial charge in [0.1, 0.15) is 17.3 Å². The van der Waals surface area contributed by atoms with Crippen molar-refractivity contribution in [2.75, 3.05) is 0 Å². The minimum Gasteiger partial charge on any atom is -0.460 e. The van der Waals surface area contributed by atoms with E-state index >= 15 is 0 Å². The third kappa shape index (κ3) is 3.25. The van der Waals surface area contributed by atoms with Crippen LogP contribution in [0.25, 0.3) is 0 Å². The molecular formula is C15H22N2O4. The lowest BCUT2D eigenvalue weighted by Crippen LogP contribution is -2.33. The fraction of sp³-hybridized carbons (Fsp3) is 0.667. The summed E-state index contributed by atoms with van der Waals surface area (Å²) >= 11 is 0. The van der Waals surface area contributed by atoms with Crippen molar-refractivity contribution in [1.82, 2.24) is 9.97 Å². The molecule has 0 bridgehead atoms. The van der Waals surface area contributed by atoms with E-state index in [0.29, 0.717) is 17.9 Å². The molecule has 6 heteroatoms. The molecule has 1 aromatic rings. The van der Waals surface area contributed by atoms with Crippen LogP contribution < -0.4 is 0 Å². The fourth-order valence-corrected chi connectivity index (χ4v) is 2.56. The largest absolute Gasteiger partial charge is 0.460 e. The van der Waals surface area contributed by atoms with Crippen molar-refractivity contribution in [3.63, 3.8) is 0 Å². The second-order valence-corrected chi connectivity index (χ2v) is 6.36. The van der Waals surface area contributed by atoms with Crippen LogP contribution in [0.2, 0.25) is 0 Å². The number of carbonyl (C=O) groups excluding carboxylic acids is 2. The van der Waals surface area contributed by atoms with E-state index in [0.717, 1.165) is 0 Å². The first-order chi connectivity index (χ1) is 9.73. The van der Waals surface area contributed by atoms with Gasteiger partial charge in [0.2, 0.25) is 0 Å². The predicted octanol–water partition coefficient (Wildman–Crippen LogP) is 2.30. The zero-order chi connectivity index (χ0) is 15.8. The number of rotatable bonds is 3. The number of ether oxygens (including phenoxy) is 2. The minimum atomic E-state index is -0.654. The van der Waals surface area contributed by atoms with Crippen molar-refractivity contribution in [2.45, 2.75) is 52.7 Å². The first kappa shape index (κ1) is 15.5. The van der Waals surface area contributed by atoms with Gasteiger partial charge < -0.3 is 14.5 Å². The summed E-state index contributed by atoms with van der Waals surface area (Å²) in [7, 11) is 0. The number of aromatic nitrogens is 2. The molecule has 1 N–H and O–H groups in total. The molecule has 1 fully saturated rings. The number of imidazole rings is 1. The molecule has 116 valence electrons. The average molecular weight is 294 g/mol. The molecule has 0 aromatic carbocycles. The highest BCUT2D eigenvalue weighted by Crippen LogP contribution is 2.41. The van der Waals surface area contributed by atoms with Gasteiger partial charge in [-0.3, -0.25) is 9.59 Å². The van der Waals surface area contributed by atoms with Gasteiger partial charge in [-0.2, -0.15) is 0 Å². The van der Waals surface area contributed by atoms with Gasteiger partial charge in [-0.25, -0.2) is 4.98 Å². The van der Waals surface area contributed by atoms with Crippen LogP contribution in [0.1, 0.15) is 51.7 Å². The number of H-pyrrole nitrogens is 1. The van der Waals surface area contributed by atoms with Gasteiger partial charge in [0, 0.05) is 0 Å². The highest BCUT2D eigenvalue weighted by molar-refractivity contribution is 5.86. The van der Waals surface area contributed by atoms with Crippen LogP contribution >= 0.6 is 0 Å². The summed E-state index contributed by atoms with van der Waals surface area (Å²) < 4.78 is 10.9. The van der Waals surface area contributed by atoms with E-state index in [2.05, 4.69) is 9.97 Å². The molecule has 1 aromatic heterocycles. The zero-order valence-corrected chi connectivity index (χ0v) is 13.1. The van der Waals surface area contributed by atoms with Gasteiger partial charge in [0.25, 0.3) is 0 Å². The summed E-state index contributed by atoms with van der Waals surface area (Å²) in [5.41, 5.74) is 0.0304. The van der Waals surface area contributed by atoms with Crippen LogP contribution in [0.15, 0.2) is 6.20 Å². The molecule has 1 aliphatic heterocycles. The van der Waals surface area contributed by atoms with Gasteiger partial charge in [-0.15, -0.1) is 0 Å². The second-order valence-electron chi connectivity index (χ2n) is 6.36. The summed E-state index contributed by atoms with van der Waals surface area (Å²) in [5, 5.41) is 0. The molecule has 2 rings (SSSR count). The third-order valence-corrected chi connectivity index (χ3v) is 3.45. The van der Waals surface area contributed by atoms with Crippen molar-refractivity contribution < 1.29 is 19.1 Å². The van der Waals surface area contributed by atoms with Crippen molar-refractivity contribution in [3.8, 4) is 0 Å². The van der Waals surface area contributed by atoms with Crippen LogP contribution in [-0.2, 0) is 19.1 Å². The summed E-state index contributed by atoms with van der Waals surface area (Å²) in [6.45, 7) is 9.08. The molecule has 0 aliphatic carbocycles. The minimum absolute atomic E-state index is 0.356. The number of hydrogen-bond acceptors (Lipinski definition) is 5. The second kappa shape index (κ2) is 5.50. The van der Waals surface area contributed by atoms with Crippen LogP contribution in [0, 0.1) is 18.8 Å².